The Balaban J connectivity index is 2.30. The molecule has 1 aliphatic carbocycles. The molecule has 2 N–H and O–H groups in total. The maximum Gasteiger partial charge on any atom is 0.237 e. The number of nitrogens with zero attached hydrogens (tertiary/aromatic N) is 3. The summed E-state index contributed by atoms with van der Waals surface area (Å²) in [5.41, 5.74) is 5.34. The molecule has 0 saturated heterocycles. The van der Waals surface area contributed by atoms with E-state index >= 15 is 0 Å². The summed E-state index contributed by atoms with van der Waals surface area (Å²) in [6.45, 7) is 0.172. The summed E-state index contributed by atoms with van der Waals surface area (Å²) >= 11 is 7.44. The Kier molecular flexibility index (Phi) is 4.87. The molecule has 1 amide bonds. The van der Waals surface area contributed by atoms with Crippen molar-refractivity contribution in [2.45, 2.75) is 36.9 Å². The van der Waals surface area contributed by atoms with Crippen LogP contribution in [-0.4, -0.2) is 34.7 Å². The van der Waals surface area contributed by atoms with Crippen molar-refractivity contribution in [3.05, 3.63) is 11.2 Å². The number of rotatable bonds is 5. The van der Waals surface area contributed by atoms with E-state index in [0.717, 1.165) is 12.8 Å². The van der Waals surface area contributed by atoms with Gasteiger partial charge in [0.05, 0.1) is 6.54 Å². The van der Waals surface area contributed by atoms with Crippen LogP contribution in [0.5, 0.6) is 0 Å². The van der Waals surface area contributed by atoms with Crippen molar-refractivity contribution in [2.75, 3.05) is 17.7 Å². The third kappa shape index (κ3) is 3.73. The first-order valence-electron chi connectivity index (χ1n) is 6.23. The van der Waals surface area contributed by atoms with Gasteiger partial charge in [-0.25, -0.2) is 9.97 Å². The Labute approximate surface area is 121 Å². The summed E-state index contributed by atoms with van der Waals surface area (Å²) in [6.07, 6.45) is 6.36. The summed E-state index contributed by atoms with van der Waals surface area (Å²) in [5, 5.41) is 0.997. The SMILES string of the molecule is CSc1nc(Cl)cc(N(CC(N)=O)C2CCCC2)n1. The molecule has 1 saturated carbocycles. The maximum atomic E-state index is 11.3. The molecular weight excluding hydrogens is 284 g/mol. The molecule has 0 radical (unpaired) electrons. The molecule has 0 unspecified atom stereocenters. The van der Waals surface area contributed by atoms with E-state index in [-0.39, 0.29) is 12.5 Å². The Morgan fingerprint density at radius 3 is 2.79 bits per heavy atom. The predicted octanol–water partition coefficient (Wildman–Crippen LogP) is 2.09. The number of primary amides is 1. The van der Waals surface area contributed by atoms with E-state index in [2.05, 4.69) is 9.97 Å². The van der Waals surface area contributed by atoms with E-state index in [4.69, 9.17) is 17.3 Å². The molecule has 0 atom stereocenters. The topological polar surface area (TPSA) is 72.1 Å². The van der Waals surface area contributed by atoms with Gasteiger partial charge in [-0.2, -0.15) is 0 Å². The third-order valence-corrected chi connectivity index (χ3v) is 3.97. The van der Waals surface area contributed by atoms with Gasteiger partial charge in [-0.05, 0) is 19.1 Å². The maximum absolute atomic E-state index is 11.3. The number of carbonyl (C=O) groups is 1. The van der Waals surface area contributed by atoms with Gasteiger partial charge in [-0.15, -0.1) is 0 Å². The first kappa shape index (κ1) is 14.4. The highest BCUT2D eigenvalue weighted by Gasteiger charge is 2.25. The highest BCUT2D eigenvalue weighted by Crippen LogP contribution is 2.29. The van der Waals surface area contributed by atoms with E-state index in [1.54, 1.807) is 6.07 Å². The Morgan fingerprint density at radius 1 is 1.53 bits per heavy atom. The van der Waals surface area contributed by atoms with Crippen molar-refractivity contribution in [1.82, 2.24) is 9.97 Å². The summed E-state index contributed by atoms with van der Waals surface area (Å²) in [7, 11) is 0. The lowest BCUT2D eigenvalue weighted by Crippen LogP contribution is -2.40. The van der Waals surface area contributed by atoms with Gasteiger partial charge >= 0.3 is 0 Å². The molecule has 19 heavy (non-hydrogen) atoms. The average molecular weight is 301 g/mol. The molecular formula is C12H17ClN4OS. The molecule has 0 bridgehead atoms. The van der Waals surface area contributed by atoms with Crippen molar-refractivity contribution in [3.63, 3.8) is 0 Å². The molecule has 0 aromatic carbocycles. The molecule has 1 heterocycles. The van der Waals surface area contributed by atoms with Crippen molar-refractivity contribution in [3.8, 4) is 0 Å². The molecule has 2 rings (SSSR count). The van der Waals surface area contributed by atoms with Gasteiger partial charge in [0, 0.05) is 12.1 Å². The Hall–Kier alpha value is -1.01. The van der Waals surface area contributed by atoms with E-state index in [9.17, 15) is 4.79 Å². The van der Waals surface area contributed by atoms with Gasteiger partial charge in [0.25, 0.3) is 0 Å². The summed E-state index contributed by atoms with van der Waals surface area (Å²) in [4.78, 5) is 21.8. The zero-order chi connectivity index (χ0) is 13.8. The number of hydrogen-bond acceptors (Lipinski definition) is 5. The number of nitrogens with two attached hydrogens (primary N) is 1. The second-order valence-electron chi connectivity index (χ2n) is 4.57. The smallest absolute Gasteiger partial charge is 0.237 e. The van der Waals surface area contributed by atoms with Crippen LogP contribution in [0.3, 0.4) is 0 Å². The number of anilines is 1. The molecule has 0 aliphatic heterocycles. The molecule has 1 aromatic heterocycles. The molecule has 7 heteroatoms. The minimum absolute atomic E-state index is 0.172. The second kappa shape index (κ2) is 6.43. The van der Waals surface area contributed by atoms with E-state index in [0.29, 0.717) is 22.2 Å². The first-order chi connectivity index (χ1) is 9.10. The lowest BCUT2D eigenvalue weighted by molar-refractivity contribution is -0.116. The third-order valence-electron chi connectivity index (χ3n) is 3.23. The van der Waals surface area contributed by atoms with Gasteiger partial charge < -0.3 is 10.6 Å². The number of aromatic nitrogens is 2. The molecule has 104 valence electrons. The normalized spacial score (nSPS) is 15.7. The van der Waals surface area contributed by atoms with Crippen molar-refractivity contribution < 1.29 is 4.79 Å². The van der Waals surface area contributed by atoms with Crippen LogP contribution in [0.25, 0.3) is 0 Å². The number of halogens is 1. The van der Waals surface area contributed by atoms with Crippen LogP contribution in [0.1, 0.15) is 25.7 Å². The monoisotopic (exact) mass is 300 g/mol. The summed E-state index contributed by atoms with van der Waals surface area (Å²) < 4.78 is 0. The largest absolute Gasteiger partial charge is 0.368 e. The lowest BCUT2D eigenvalue weighted by atomic mass is 10.2. The van der Waals surface area contributed by atoms with Crippen molar-refractivity contribution in [1.29, 1.82) is 0 Å². The zero-order valence-corrected chi connectivity index (χ0v) is 12.4. The number of thioether (sulfide) groups is 1. The van der Waals surface area contributed by atoms with Gasteiger partial charge in [-0.1, -0.05) is 36.2 Å². The van der Waals surface area contributed by atoms with Crippen molar-refractivity contribution >= 4 is 35.1 Å². The molecule has 0 spiro atoms. The predicted molar refractivity (Wildman–Crippen MR) is 77.6 cm³/mol. The highest BCUT2D eigenvalue weighted by molar-refractivity contribution is 7.98. The fourth-order valence-electron chi connectivity index (χ4n) is 2.40. The second-order valence-corrected chi connectivity index (χ2v) is 5.73. The average Bonchev–Trinajstić information content (AvgIpc) is 2.88. The lowest BCUT2D eigenvalue weighted by Gasteiger charge is -2.29. The Morgan fingerprint density at radius 2 is 2.21 bits per heavy atom. The first-order valence-corrected chi connectivity index (χ1v) is 7.84. The fourth-order valence-corrected chi connectivity index (χ4v) is 3.01. The number of amides is 1. The van der Waals surface area contributed by atoms with Gasteiger partial charge in [0.15, 0.2) is 5.16 Å². The van der Waals surface area contributed by atoms with Crippen LogP contribution in [0.15, 0.2) is 11.2 Å². The van der Waals surface area contributed by atoms with Crippen LogP contribution in [0.2, 0.25) is 5.15 Å². The summed E-state index contributed by atoms with van der Waals surface area (Å²) in [5.74, 6) is 0.336. The molecule has 1 aliphatic rings. The van der Waals surface area contributed by atoms with Crippen LogP contribution in [0, 0.1) is 0 Å². The van der Waals surface area contributed by atoms with Gasteiger partial charge in [-0.3, -0.25) is 4.79 Å². The Bertz CT molecular complexity index is 465. The van der Waals surface area contributed by atoms with Crippen LogP contribution in [0.4, 0.5) is 5.82 Å². The number of carbonyl (C=O) groups excluding carboxylic acids is 1. The zero-order valence-electron chi connectivity index (χ0n) is 10.8. The highest BCUT2D eigenvalue weighted by atomic mass is 35.5. The minimum Gasteiger partial charge on any atom is -0.368 e. The standard InChI is InChI=1S/C12H17ClN4OS/c1-19-12-15-9(13)6-11(16-12)17(7-10(14)18)8-4-2-3-5-8/h6,8H,2-5,7H2,1H3,(H2,14,18). The quantitative estimate of drug-likeness (QED) is 0.512. The van der Waals surface area contributed by atoms with Gasteiger partial charge in [0.2, 0.25) is 5.91 Å². The van der Waals surface area contributed by atoms with E-state index < -0.39 is 0 Å². The summed E-state index contributed by atoms with van der Waals surface area (Å²) in [6, 6.07) is 2.01. The fraction of sp³-hybridized carbons (Fsp3) is 0.583. The minimum atomic E-state index is -0.354. The van der Waals surface area contributed by atoms with E-state index in [1.807, 2.05) is 11.2 Å². The molecule has 5 nitrogen and oxygen atoms in total. The van der Waals surface area contributed by atoms with Crippen molar-refractivity contribution in [2.24, 2.45) is 5.73 Å². The number of hydrogen-bond donors (Lipinski definition) is 1. The molecule has 1 fully saturated rings. The van der Waals surface area contributed by atoms with Crippen LogP contribution < -0.4 is 10.6 Å². The van der Waals surface area contributed by atoms with Gasteiger partial charge in [0.1, 0.15) is 11.0 Å². The molecule has 1 aromatic rings. The van der Waals surface area contributed by atoms with Crippen LogP contribution in [-0.2, 0) is 4.79 Å². The van der Waals surface area contributed by atoms with E-state index in [1.165, 1.54) is 24.6 Å². The van der Waals surface area contributed by atoms with Crippen LogP contribution >= 0.6 is 23.4 Å².